The Kier molecular flexibility index (Phi) is 11.1. The minimum absolute atomic E-state index is 0.00828. The maximum Gasteiger partial charge on any atom is 0.264 e. The molecule has 4 aromatic rings. The van der Waals surface area contributed by atoms with E-state index in [-0.39, 0.29) is 23.8 Å². The summed E-state index contributed by atoms with van der Waals surface area (Å²) >= 11 is 9.56. The standard InChI is InChI=1S/C35H37BrClN3O4S/c1-25-10-8-15-30(20-25)40(45(43,44)31-18-16-29(37)17-19-31)24-33(41)39(23-27-13-9-14-28(36)21-27)32(34(42)38-35(2,3)4)22-26-11-6-5-7-12-26/h5-21,32H,22-24H2,1-4H3,(H,38,42). The van der Waals surface area contributed by atoms with E-state index >= 15 is 0 Å². The van der Waals surface area contributed by atoms with Gasteiger partial charge in [-0.15, -0.1) is 0 Å². The van der Waals surface area contributed by atoms with Gasteiger partial charge in [0.15, 0.2) is 0 Å². The lowest BCUT2D eigenvalue weighted by Crippen LogP contribution is -2.56. The first kappa shape index (κ1) is 34.2. The van der Waals surface area contributed by atoms with Gasteiger partial charge < -0.3 is 10.2 Å². The van der Waals surface area contributed by atoms with Crippen LogP contribution in [-0.4, -0.2) is 43.3 Å². The average molecular weight is 711 g/mol. The molecule has 0 saturated carbocycles. The topological polar surface area (TPSA) is 86.8 Å². The number of aryl methyl sites for hydroxylation is 1. The number of hydrogen-bond acceptors (Lipinski definition) is 4. The van der Waals surface area contributed by atoms with Gasteiger partial charge in [0.2, 0.25) is 11.8 Å². The van der Waals surface area contributed by atoms with Crippen molar-refractivity contribution < 1.29 is 18.0 Å². The number of amides is 2. The van der Waals surface area contributed by atoms with Crippen LogP contribution < -0.4 is 9.62 Å². The molecule has 4 aromatic carbocycles. The monoisotopic (exact) mass is 709 g/mol. The van der Waals surface area contributed by atoms with E-state index in [1.807, 2.05) is 88.4 Å². The predicted molar refractivity (Wildman–Crippen MR) is 184 cm³/mol. The highest BCUT2D eigenvalue weighted by molar-refractivity contribution is 9.10. The largest absolute Gasteiger partial charge is 0.350 e. The number of anilines is 1. The van der Waals surface area contributed by atoms with E-state index in [0.717, 1.165) is 25.5 Å². The van der Waals surface area contributed by atoms with Crippen molar-refractivity contribution in [3.8, 4) is 0 Å². The zero-order valence-corrected chi connectivity index (χ0v) is 28.9. The molecular formula is C35H37BrClN3O4S. The number of nitrogens with zero attached hydrogens (tertiary/aromatic N) is 2. The number of halogens is 2. The molecule has 0 aromatic heterocycles. The summed E-state index contributed by atoms with van der Waals surface area (Å²) < 4.78 is 30.2. The summed E-state index contributed by atoms with van der Waals surface area (Å²) in [5.41, 5.74) is 2.24. The molecule has 45 heavy (non-hydrogen) atoms. The normalized spacial score (nSPS) is 12.3. The van der Waals surface area contributed by atoms with Crippen molar-refractivity contribution in [3.63, 3.8) is 0 Å². The van der Waals surface area contributed by atoms with Gasteiger partial charge in [0, 0.05) is 28.0 Å². The molecule has 1 atom stereocenters. The number of nitrogens with one attached hydrogen (secondary N) is 1. The van der Waals surface area contributed by atoms with Crippen LogP contribution in [0.15, 0.2) is 112 Å². The highest BCUT2D eigenvalue weighted by Gasteiger charge is 2.35. The Balaban J connectivity index is 1.82. The fourth-order valence-electron chi connectivity index (χ4n) is 4.88. The quantitative estimate of drug-likeness (QED) is 0.179. The van der Waals surface area contributed by atoms with Crippen molar-refractivity contribution in [1.29, 1.82) is 0 Å². The van der Waals surface area contributed by atoms with Crippen molar-refractivity contribution >= 4 is 55.1 Å². The summed E-state index contributed by atoms with van der Waals surface area (Å²) in [5.74, 6) is -0.864. The molecule has 7 nitrogen and oxygen atoms in total. The minimum atomic E-state index is -4.21. The van der Waals surface area contributed by atoms with Crippen molar-refractivity contribution in [2.24, 2.45) is 0 Å². The highest BCUT2D eigenvalue weighted by atomic mass is 79.9. The van der Waals surface area contributed by atoms with Crippen LogP contribution >= 0.6 is 27.5 Å². The first-order valence-corrected chi connectivity index (χ1v) is 17.1. The number of hydrogen-bond donors (Lipinski definition) is 1. The van der Waals surface area contributed by atoms with Crippen LogP contribution in [0.5, 0.6) is 0 Å². The number of carbonyl (C=O) groups excluding carboxylic acids is 2. The summed E-state index contributed by atoms with van der Waals surface area (Å²) in [4.78, 5) is 30.0. The van der Waals surface area contributed by atoms with Crippen molar-refractivity contribution in [2.75, 3.05) is 10.8 Å². The smallest absolute Gasteiger partial charge is 0.264 e. The van der Waals surface area contributed by atoms with Crippen molar-refractivity contribution in [1.82, 2.24) is 10.2 Å². The molecule has 0 spiro atoms. The molecule has 4 rings (SSSR count). The molecule has 1 unspecified atom stereocenters. The van der Waals surface area contributed by atoms with Crippen LogP contribution in [-0.2, 0) is 32.6 Å². The number of carbonyl (C=O) groups is 2. The van der Waals surface area contributed by atoms with E-state index in [9.17, 15) is 18.0 Å². The Morgan fingerprint density at radius 1 is 0.867 bits per heavy atom. The van der Waals surface area contributed by atoms with Gasteiger partial charge in [0.1, 0.15) is 12.6 Å². The molecule has 10 heteroatoms. The number of rotatable bonds is 11. The third-order valence-electron chi connectivity index (χ3n) is 6.98. The maximum atomic E-state index is 14.5. The Morgan fingerprint density at radius 2 is 1.51 bits per heavy atom. The number of benzene rings is 4. The van der Waals surface area contributed by atoms with Gasteiger partial charge in [-0.05, 0) is 92.9 Å². The van der Waals surface area contributed by atoms with Crippen LogP contribution in [0, 0.1) is 6.92 Å². The minimum Gasteiger partial charge on any atom is -0.350 e. The molecule has 0 fully saturated rings. The average Bonchev–Trinajstić information content (AvgIpc) is 2.97. The lowest BCUT2D eigenvalue weighted by molar-refractivity contribution is -0.140. The SMILES string of the molecule is Cc1cccc(N(CC(=O)N(Cc2cccc(Br)c2)C(Cc2ccccc2)C(=O)NC(C)(C)C)S(=O)(=O)c2ccc(Cl)cc2)c1. The Hall–Kier alpha value is -3.66. The van der Waals surface area contributed by atoms with E-state index in [0.29, 0.717) is 10.7 Å². The molecule has 0 radical (unpaired) electrons. The maximum absolute atomic E-state index is 14.5. The second kappa shape index (κ2) is 14.6. The summed E-state index contributed by atoms with van der Waals surface area (Å²) in [6.07, 6.45) is 0.233. The van der Waals surface area contributed by atoms with Crippen molar-refractivity contribution in [3.05, 3.63) is 129 Å². The van der Waals surface area contributed by atoms with Crippen LogP contribution in [0.2, 0.25) is 5.02 Å². The van der Waals surface area contributed by atoms with Crippen LogP contribution in [0.3, 0.4) is 0 Å². The first-order chi connectivity index (χ1) is 21.2. The molecule has 1 N–H and O–H groups in total. The van der Waals surface area contributed by atoms with Gasteiger partial charge in [-0.2, -0.15) is 0 Å². The lowest BCUT2D eigenvalue weighted by Gasteiger charge is -2.35. The van der Waals surface area contributed by atoms with Gasteiger partial charge in [0.05, 0.1) is 10.6 Å². The van der Waals surface area contributed by atoms with Gasteiger partial charge >= 0.3 is 0 Å². The Labute approximate surface area is 279 Å². The molecule has 2 amide bonds. The fraction of sp³-hybridized carbons (Fsp3) is 0.257. The Morgan fingerprint density at radius 3 is 2.13 bits per heavy atom. The molecule has 0 aliphatic carbocycles. The van der Waals surface area contributed by atoms with E-state index in [1.165, 1.54) is 29.2 Å². The zero-order valence-electron chi connectivity index (χ0n) is 25.7. The van der Waals surface area contributed by atoms with Crippen LogP contribution in [0.1, 0.15) is 37.5 Å². The van der Waals surface area contributed by atoms with E-state index < -0.39 is 34.1 Å². The third-order valence-corrected chi connectivity index (χ3v) is 9.51. The van der Waals surface area contributed by atoms with Gasteiger partial charge in [-0.25, -0.2) is 8.42 Å². The summed E-state index contributed by atoms with van der Waals surface area (Å²) in [7, 11) is -4.21. The molecule has 236 valence electrons. The molecule has 0 saturated heterocycles. The van der Waals surface area contributed by atoms with Crippen LogP contribution in [0.25, 0.3) is 0 Å². The fourth-order valence-corrected chi connectivity index (χ4v) is 6.86. The van der Waals surface area contributed by atoms with E-state index in [1.54, 1.807) is 18.2 Å². The van der Waals surface area contributed by atoms with Crippen LogP contribution in [0.4, 0.5) is 5.69 Å². The molecule has 0 heterocycles. The molecule has 0 bridgehead atoms. The van der Waals surface area contributed by atoms with Gasteiger partial charge in [0.25, 0.3) is 10.0 Å². The third kappa shape index (κ3) is 9.42. The molecular weight excluding hydrogens is 674 g/mol. The van der Waals surface area contributed by atoms with E-state index in [4.69, 9.17) is 11.6 Å². The Bertz CT molecular complexity index is 1740. The highest BCUT2D eigenvalue weighted by Crippen LogP contribution is 2.27. The summed E-state index contributed by atoms with van der Waals surface area (Å²) in [6.45, 7) is 7.03. The number of sulfonamides is 1. The second-order valence-electron chi connectivity index (χ2n) is 11.9. The second-order valence-corrected chi connectivity index (χ2v) is 15.1. The predicted octanol–water partition coefficient (Wildman–Crippen LogP) is 7.16. The van der Waals surface area contributed by atoms with E-state index in [2.05, 4.69) is 21.2 Å². The van der Waals surface area contributed by atoms with Crippen molar-refractivity contribution in [2.45, 2.75) is 57.1 Å². The summed E-state index contributed by atoms with van der Waals surface area (Å²) in [6, 6.07) is 28.8. The van der Waals surface area contributed by atoms with Gasteiger partial charge in [-0.1, -0.05) is 82.1 Å². The zero-order chi connectivity index (χ0) is 32.8. The summed E-state index contributed by atoms with van der Waals surface area (Å²) in [5, 5.41) is 3.43. The molecule has 0 aliphatic heterocycles. The first-order valence-electron chi connectivity index (χ1n) is 14.5. The lowest BCUT2D eigenvalue weighted by atomic mass is 10.0. The van der Waals surface area contributed by atoms with Gasteiger partial charge in [-0.3, -0.25) is 13.9 Å². The molecule has 0 aliphatic rings.